The van der Waals surface area contributed by atoms with Crippen LogP contribution in [0.15, 0.2) is 12.4 Å². The molecule has 98 valence electrons. The third kappa shape index (κ3) is 2.41. The first kappa shape index (κ1) is 11.7. The minimum Gasteiger partial charge on any atom is -0.391 e. The zero-order valence-electron chi connectivity index (χ0n) is 10.6. The smallest absolute Gasteiger partial charge is 0.134 e. The van der Waals surface area contributed by atoms with Crippen LogP contribution in [-0.2, 0) is 0 Å². The van der Waals surface area contributed by atoms with Crippen molar-refractivity contribution in [3.8, 4) is 0 Å². The van der Waals surface area contributed by atoms with Crippen molar-refractivity contribution >= 4 is 11.6 Å². The highest BCUT2D eigenvalue weighted by atomic mass is 16.3. The van der Waals surface area contributed by atoms with Crippen LogP contribution >= 0.6 is 0 Å². The normalized spacial score (nSPS) is 24.6. The van der Waals surface area contributed by atoms with Gasteiger partial charge in [0.05, 0.1) is 6.10 Å². The summed E-state index contributed by atoms with van der Waals surface area (Å²) in [7, 11) is 0. The first-order valence-corrected chi connectivity index (χ1v) is 6.83. The largest absolute Gasteiger partial charge is 0.391 e. The van der Waals surface area contributed by atoms with E-state index in [-0.39, 0.29) is 6.10 Å². The Morgan fingerprint density at radius 2 is 1.72 bits per heavy atom. The molecule has 1 atom stereocenters. The maximum atomic E-state index is 9.58. The number of piperidine rings is 1. The molecule has 2 fully saturated rings. The van der Waals surface area contributed by atoms with Gasteiger partial charge in [-0.05, 0) is 25.7 Å². The summed E-state index contributed by atoms with van der Waals surface area (Å²) in [6.07, 6.45) is 6.10. The maximum absolute atomic E-state index is 9.58. The first-order valence-electron chi connectivity index (χ1n) is 6.83. The topological polar surface area (TPSA) is 52.5 Å². The Balaban J connectivity index is 1.76. The van der Waals surface area contributed by atoms with Crippen LogP contribution in [0, 0.1) is 0 Å². The number of aromatic nitrogens is 2. The van der Waals surface area contributed by atoms with Crippen molar-refractivity contribution in [1.29, 1.82) is 0 Å². The molecule has 5 heteroatoms. The fourth-order valence-corrected chi connectivity index (χ4v) is 2.76. The standard InChI is InChI=1S/C13H20N4O/c18-11-4-7-17(9-11)13-8-12(14-10-15-13)16-5-2-1-3-6-16/h8,10-11,18H,1-7,9H2. The summed E-state index contributed by atoms with van der Waals surface area (Å²) in [6.45, 7) is 3.77. The van der Waals surface area contributed by atoms with E-state index in [0.29, 0.717) is 6.54 Å². The Kier molecular flexibility index (Phi) is 3.32. The molecule has 1 unspecified atom stereocenters. The molecule has 2 aliphatic rings. The average Bonchev–Trinajstić information content (AvgIpc) is 2.87. The fourth-order valence-electron chi connectivity index (χ4n) is 2.76. The minimum atomic E-state index is -0.210. The first-order chi connectivity index (χ1) is 8.83. The van der Waals surface area contributed by atoms with Crippen molar-refractivity contribution in [2.75, 3.05) is 36.0 Å². The van der Waals surface area contributed by atoms with Crippen molar-refractivity contribution in [1.82, 2.24) is 9.97 Å². The molecule has 0 saturated carbocycles. The second-order valence-corrected chi connectivity index (χ2v) is 5.17. The van der Waals surface area contributed by atoms with Crippen LogP contribution in [0.1, 0.15) is 25.7 Å². The molecular weight excluding hydrogens is 228 g/mol. The summed E-state index contributed by atoms with van der Waals surface area (Å²) in [5.41, 5.74) is 0. The Bertz CT molecular complexity index is 386. The quantitative estimate of drug-likeness (QED) is 0.847. The van der Waals surface area contributed by atoms with Crippen LogP contribution in [0.25, 0.3) is 0 Å². The van der Waals surface area contributed by atoms with E-state index in [0.717, 1.165) is 37.7 Å². The molecule has 1 N–H and O–H groups in total. The summed E-state index contributed by atoms with van der Waals surface area (Å²) < 4.78 is 0. The van der Waals surface area contributed by atoms with E-state index in [1.165, 1.54) is 19.3 Å². The van der Waals surface area contributed by atoms with E-state index in [9.17, 15) is 5.11 Å². The van der Waals surface area contributed by atoms with Gasteiger partial charge in [0.2, 0.25) is 0 Å². The highest BCUT2D eigenvalue weighted by molar-refractivity contribution is 5.50. The highest BCUT2D eigenvalue weighted by Gasteiger charge is 2.22. The van der Waals surface area contributed by atoms with Crippen molar-refractivity contribution in [3.05, 3.63) is 12.4 Å². The SMILES string of the molecule is OC1CCN(c2cc(N3CCCCC3)ncn2)C1. The van der Waals surface area contributed by atoms with Gasteiger partial charge in [0.1, 0.15) is 18.0 Å². The summed E-state index contributed by atoms with van der Waals surface area (Å²) in [4.78, 5) is 13.2. The second kappa shape index (κ2) is 5.10. The average molecular weight is 248 g/mol. The number of nitrogens with zero attached hydrogens (tertiary/aromatic N) is 4. The van der Waals surface area contributed by atoms with Gasteiger partial charge in [-0.1, -0.05) is 0 Å². The lowest BCUT2D eigenvalue weighted by Crippen LogP contribution is -2.30. The molecular formula is C13H20N4O. The molecule has 1 aromatic heterocycles. The molecule has 0 amide bonds. The van der Waals surface area contributed by atoms with Gasteiger partial charge in [-0.3, -0.25) is 0 Å². The third-order valence-corrected chi connectivity index (χ3v) is 3.81. The van der Waals surface area contributed by atoms with Crippen molar-refractivity contribution < 1.29 is 5.11 Å². The van der Waals surface area contributed by atoms with E-state index < -0.39 is 0 Å². The molecule has 3 rings (SSSR count). The van der Waals surface area contributed by atoms with Gasteiger partial charge < -0.3 is 14.9 Å². The molecule has 18 heavy (non-hydrogen) atoms. The van der Waals surface area contributed by atoms with Gasteiger partial charge in [0, 0.05) is 32.2 Å². The second-order valence-electron chi connectivity index (χ2n) is 5.17. The van der Waals surface area contributed by atoms with Gasteiger partial charge in [0.25, 0.3) is 0 Å². The van der Waals surface area contributed by atoms with E-state index in [1.807, 2.05) is 0 Å². The zero-order valence-corrected chi connectivity index (χ0v) is 10.6. The highest BCUT2D eigenvalue weighted by Crippen LogP contribution is 2.23. The predicted molar refractivity (Wildman–Crippen MR) is 70.9 cm³/mol. The summed E-state index contributed by atoms with van der Waals surface area (Å²) >= 11 is 0. The van der Waals surface area contributed by atoms with Gasteiger partial charge in [-0.25, -0.2) is 9.97 Å². The summed E-state index contributed by atoms with van der Waals surface area (Å²) in [6, 6.07) is 2.06. The third-order valence-electron chi connectivity index (χ3n) is 3.81. The Morgan fingerprint density at radius 1 is 1.00 bits per heavy atom. The predicted octanol–water partition coefficient (Wildman–Crippen LogP) is 1.04. The van der Waals surface area contributed by atoms with Crippen LogP contribution < -0.4 is 9.80 Å². The molecule has 0 radical (unpaired) electrons. The molecule has 3 heterocycles. The molecule has 2 saturated heterocycles. The zero-order chi connectivity index (χ0) is 12.4. The van der Waals surface area contributed by atoms with Crippen molar-refractivity contribution in [3.63, 3.8) is 0 Å². The Labute approximate surface area is 107 Å². The monoisotopic (exact) mass is 248 g/mol. The van der Waals surface area contributed by atoms with Gasteiger partial charge >= 0.3 is 0 Å². The van der Waals surface area contributed by atoms with E-state index >= 15 is 0 Å². The van der Waals surface area contributed by atoms with Crippen LogP contribution in [-0.4, -0.2) is 47.4 Å². The lowest BCUT2D eigenvalue weighted by atomic mass is 10.1. The Hall–Kier alpha value is -1.36. The number of hydrogen-bond acceptors (Lipinski definition) is 5. The number of rotatable bonds is 2. The number of hydrogen-bond donors (Lipinski definition) is 1. The number of β-amino-alcohol motifs (C(OH)–C–C–N with tert-alkyl or cyclic N) is 1. The minimum absolute atomic E-state index is 0.210. The molecule has 5 nitrogen and oxygen atoms in total. The van der Waals surface area contributed by atoms with Gasteiger partial charge in [-0.2, -0.15) is 0 Å². The van der Waals surface area contributed by atoms with Crippen molar-refractivity contribution in [2.24, 2.45) is 0 Å². The lowest BCUT2D eigenvalue weighted by molar-refractivity contribution is 0.198. The number of aliphatic hydroxyl groups excluding tert-OH is 1. The number of anilines is 2. The van der Waals surface area contributed by atoms with Crippen LogP contribution in [0.2, 0.25) is 0 Å². The van der Waals surface area contributed by atoms with E-state index in [2.05, 4.69) is 25.8 Å². The fraction of sp³-hybridized carbons (Fsp3) is 0.692. The van der Waals surface area contributed by atoms with Gasteiger partial charge in [-0.15, -0.1) is 0 Å². The maximum Gasteiger partial charge on any atom is 0.134 e. The molecule has 0 aromatic carbocycles. The lowest BCUT2D eigenvalue weighted by Gasteiger charge is -2.28. The van der Waals surface area contributed by atoms with E-state index in [1.54, 1.807) is 6.33 Å². The van der Waals surface area contributed by atoms with Crippen LogP contribution in [0.3, 0.4) is 0 Å². The summed E-state index contributed by atoms with van der Waals surface area (Å²) in [5.74, 6) is 1.98. The summed E-state index contributed by atoms with van der Waals surface area (Å²) in [5, 5.41) is 9.58. The molecule has 1 aromatic rings. The molecule has 2 aliphatic heterocycles. The van der Waals surface area contributed by atoms with Crippen LogP contribution in [0.4, 0.5) is 11.6 Å². The Morgan fingerprint density at radius 3 is 2.39 bits per heavy atom. The van der Waals surface area contributed by atoms with Crippen LogP contribution in [0.5, 0.6) is 0 Å². The van der Waals surface area contributed by atoms with E-state index in [4.69, 9.17) is 0 Å². The molecule has 0 aliphatic carbocycles. The molecule has 0 bridgehead atoms. The van der Waals surface area contributed by atoms with Crippen molar-refractivity contribution in [2.45, 2.75) is 31.8 Å². The molecule has 0 spiro atoms. The van der Waals surface area contributed by atoms with Gasteiger partial charge in [0.15, 0.2) is 0 Å². The number of aliphatic hydroxyl groups is 1.